The summed E-state index contributed by atoms with van der Waals surface area (Å²) in [5.74, 6) is 0.831. The normalized spacial score (nSPS) is 11.9. The predicted octanol–water partition coefficient (Wildman–Crippen LogP) is 1.54. The molecule has 0 aromatic carbocycles. The molecule has 0 fully saturated rings. The topological polar surface area (TPSA) is 90.0 Å². The number of aromatic nitrogens is 1. The van der Waals surface area contributed by atoms with Crippen molar-refractivity contribution in [1.82, 2.24) is 4.98 Å². The Bertz CT molecular complexity index is 433. The van der Waals surface area contributed by atoms with Gasteiger partial charge in [0.05, 0.1) is 12.2 Å². The number of hydrogen-bond acceptors (Lipinski definition) is 5. The minimum absolute atomic E-state index is 0.0105. The molecule has 19 heavy (non-hydrogen) atoms. The molecule has 1 aromatic rings. The highest BCUT2D eigenvalue weighted by Gasteiger charge is 2.12. The van der Waals surface area contributed by atoms with Crippen molar-refractivity contribution in [2.45, 2.75) is 20.8 Å². The first kappa shape index (κ1) is 15.2. The fraction of sp³-hybridized carbons (Fsp3) is 0.538. The maximum absolute atomic E-state index is 8.76. The average Bonchev–Trinajstić information content (AvgIpc) is 2.37. The van der Waals surface area contributed by atoms with Gasteiger partial charge in [0.15, 0.2) is 5.84 Å². The summed E-state index contributed by atoms with van der Waals surface area (Å²) in [7, 11) is 0. The van der Waals surface area contributed by atoms with Crippen LogP contribution in [0.25, 0.3) is 0 Å². The Hall–Kier alpha value is -1.82. The maximum atomic E-state index is 8.76. The quantitative estimate of drug-likeness (QED) is 0.257. The van der Waals surface area contributed by atoms with Crippen LogP contribution in [-0.2, 0) is 4.74 Å². The molecule has 0 atom stereocenters. The molecule has 0 radical (unpaired) electrons. The summed E-state index contributed by atoms with van der Waals surface area (Å²) in [4.78, 5) is 4.09. The van der Waals surface area contributed by atoms with E-state index in [1.165, 1.54) is 0 Å². The number of aryl methyl sites for hydroxylation is 1. The summed E-state index contributed by atoms with van der Waals surface area (Å²) in [6.45, 7) is 7.55. The monoisotopic (exact) mass is 267 g/mol. The molecular weight excluding hydrogens is 246 g/mol. The molecule has 0 amide bonds. The van der Waals surface area contributed by atoms with Gasteiger partial charge in [0.25, 0.3) is 0 Å². The van der Waals surface area contributed by atoms with Gasteiger partial charge in [0.2, 0.25) is 5.88 Å². The van der Waals surface area contributed by atoms with Gasteiger partial charge in [-0.2, -0.15) is 0 Å². The van der Waals surface area contributed by atoms with E-state index >= 15 is 0 Å². The van der Waals surface area contributed by atoms with Crippen molar-refractivity contribution < 1.29 is 14.7 Å². The highest BCUT2D eigenvalue weighted by molar-refractivity contribution is 6.00. The first-order valence-corrected chi connectivity index (χ1v) is 6.20. The minimum atomic E-state index is -0.0105. The molecule has 0 aliphatic heterocycles. The number of amidine groups is 1. The molecule has 3 N–H and O–H groups in total. The first-order chi connectivity index (χ1) is 9.06. The van der Waals surface area contributed by atoms with Crippen molar-refractivity contribution in [3.63, 3.8) is 0 Å². The summed E-state index contributed by atoms with van der Waals surface area (Å²) < 4.78 is 10.9. The Morgan fingerprint density at radius 1 is 1.47 bits per heavy atom. The third kappa shape index (κ3) is 4.75. The molecule has 0 bridgehead atoms. The Morgan fingerprint density at radius 2 is 2.21 bits per heavy atom. The molecule has 106 valence electrons. The lowest BCUT2D eigenvalue weighted by Crippen LogP contribution is -2.18. The Balaban J connectivity index is 2.61. The van der Waals surface area contributed by atoms with Crippen molar-refractivity contribution >= 4 is 5.84 Å². The van der Waals surface area contributed by atoms with Gasteiger partial charge in [-0.3, -0.25) is 0 Å². The van der Waals surface area contributed by atoms with E-state index in [2.05, 4.69) is 24.0 Å². The zero-order valence-electron chi connectivity index (χ0n) is 11.6. The SMILES string of the molecule is Cc1ccnc(OCCOCC(C)C)c1/C(N)=N/O. The molecule has 6 nitrogen and oxygen atoms in total. The van der Waals surface area contributed by atoms with Gasteiger partial charge in [-0.15, -0.1) is 0 Å². The largest absolute Gasteiger partial charge is 0.475 e. The Kier molecular flexibility index (Phi) is 6.08. The van der Waals surface area contributed by atoms with E-state index in [-0.39, 0.29) is 5.84 Å². The van der Waals surface area contributed by atoms with Crippen LogP contribution in [0.15, 0.2) is 17.4 Å². The third-order valence-electron chi connectivity index (χ3n) is 2.41. The lowest BCUT2D eigenvalue weighted by molar-refractivity contribution is 0.0805. The van der Waals surface area contributed by atoms with Gasteiger partial charge < -0.3 is 20.4 Å². The lowest BCUT2D eigenvalue weighted by atomic mass is 10.1. The summed E-state index contributed by atoms with van der Waals surface area (Å²) >= 11 is 0. The van der Waals surface area contributed by atoms with Gasteiger partial charge in [0.1, 0.15) is 6.61 Å². The molecule has 0 saturated heterocycles. The van der Waals surface area contributed by atoms with E-state index in [1.807, 2.05) is 6.92 Å². The van der Waals surface area contributed by atoms with Crippen molar-refractivity contribution in [1.29, 1.82) is 0 Å². The molecule has 1 aromatic heterocycles. The lowest BCUT2D eigenvalue weighted by Gasteiger charge is -2.12. The van der Waals surface area contributed by atoms with E-state index in [0.717, 1.165) is 5.56 Å². The number of oxime groups is 1. The van der Waals surface area contributed by atoms with Crippen LogP contribution >= 0.6 is 0 Å². The Morgan fingerprint density at radius 3 is 2.84 bits per heavy atom. The average molecular weight is 267 g/mol. The van der Waals surface area contributed by atoms with Crippen LogP contribution in [-0.4, -0.2) is 35.8 Å². The van der Waals surface area contributed by atoms with Crippen LogP contribution in [0.2, 0.25) is 0 Å². The van der Waals surface area contributed by atoms with Crippen LogP contribution < -0.4 is 10.5 Å². The second-order valence-corrected chi connectivity index (χ2v) is 4.61. The molecule has 0 saturated carbocycles. The summed E-state index contributed by atoms with van der Waals surface area (Å²) in [5, 5.41) is 11.8. The fourth-order valence-electron chi connectivity index (χ4n) is 1.52. The number of rotatable bonds is 7. The molecule has 0 spiro atoms. The van der Waals surface area contributed by atoms with E-state index in [1.54, 1.807) is 12.3 Å². The van der Waals surface area contributed by atoms with E-state index < -0.39 is 0 Å². The van der Waals surface area contributed by atoms with Crippen LogP contribution in [0.5, 0.6) is 5.88 Å². The highest BCUT2D eigenvalue weighted by Crippen LogP contribution is 2.18. The number of pyridine rings is 1. The molecular formula is C13H21N3O3. The number of hydrogen-bond donors (Lipinski definition) is 2. The van der Waals surface area contributed by atoms with E-state index in [0.29, 0.717) is 37.2 Å². The van der Waals surface area contributed by atoms with Crippen LogP contribution in [0.3, 0.4) is 0 Å². The van der Waals surface area contributed by atoms with Crippen LogP contribution in [0.4, 0.5) is 0 Å². The number of nitrogens with zero attached hydrogens (tertiary/aromatic N) is 2. The van der Waals surface area contributed by atoms with E-state index in [9.17, 15) is 0 Å². The minimum Gasteiger partial charge on any atom is -0.475 e. The van der Waals surface area contributed by atoms with Crippen molar-refractivity contribution in [2.24, 2.45) is 16.8 Å². The molecule has 6 heteroatoms. The molecule has 0 unspecified atom stereocenters. The van der Waals surface area contributed by atoms with Crippen LogP contribution in [0, 0.1) is 12.8 Å². The smallest absolute Gasteiger partial charge is 0.224 e. The van der Waals surface area contributed by atoms with Crippen molar-refractivity contribution in [3.8, 4) is 5.88 Å². The molecule has 0 aliphatic carbocycles. The zero-order chi connectivity index (χ0) is 14.3. The van der Waals surface area contributed by atoms with E-state index in [4.69, 9.17) is 20.4 Å². The van der Waals surface area contributed by atoms with Gasteiger partial charge in [-0.05, 0) is 24.5 Å². The Labute approximate surface area is 113 Å². The standard InChI is InChI=1S/C13H21N3O3/c1-9(2)8-18-6-7-19-13-11(12(14)16-17)10(3)4-5-15-13/h4-5,9,17H,6-8H2,1-3H3,(H2,14,16). The van der Waals surface area contributed by atoms with Gasteiger partial charge in [0, 0.05) is 12.8 Å². The number of nitrogens with two attached hydrogens (primary N) is 1. The molecule has 1 heterocycles. The van der Waals surface area contributed by atoms with Gasteiger partial charge in [-0.1, -0.05) is 19.0 Å². The summed E-state index contributed by atoms with van der Waals surface area (Å²) in [5.41, 5.74) is 6.96. The zero-order valence-corrected chi connectivity index (χ0v) is 11.6. The summed E-state index contributed by atoms with van der Waals surface area (Å²) in [6, 6.07) is 1.77. The summed E-state index contributed by atoms with van der Waals surface area (Å²) in [6.07, 6.45) is 1.62. The van der Waals surface area contributed by atoms with Crippen molar-refractivity contribution in [2.75, 3.05) is 19.8 Å². The first-order valence-electron chi connectivity index (χ1n) is 6.20. The highest BCUT2D eigenvalue weighted by atomic mass is 16.5. The van der Waals surface area contributed by atoms with Crippen molar-refractivity contribution in [3.05, 3.63) is 23.4 Å². The van der Waals surface area contributed by atoms with Gasteiger partial charge >= 0.3 is 0 Å². The number of ether oxygens (including phenoxy) is 2. The second kappa shape index (κ2) is 7.58. The molecule has 0 aliphatic rings. The predicted molar refractivity (Wildman–Crippen MR) is 72.6 cm³/mol. The maximum Gasteiger partial charge on any atom is 0.224 e. The molecule has 1 rings (SSSR count). The fourth-order valence-corrected chi connectivity index (χ4v) is 1.52. The third-order valence-corrected chi connectivity index (χ3v) is 2.41. The van der Waals surface area contributed by atoms with Crippen LogP contribution in [0.1, 0.15) is 25.0 Å². The second-order valence-electron chi connectivity index (χ2n) is 4.61. The van der Waals surface area contributed by atoms with Gasteiger partial charge in [-0.25, -0.2) is 4.98 Å².